The molecular weight excluding hydrogens is 358 g/mol. The monoisotopic (exact) mass is 387 g/mol. The second kappa shape index (κ2) is 7.67. The van der Waals surface area contributed by atoms with E-state index in [4.69, 9.17) is 8.94 Å². The second-order valence-electron chi connectivity index (χ2n) is 8.21. The Morgan fingerprint density at radius 3 is 2.96 bits per heavy atom. The van der Waals surface area contributed by atoms with Gasteiger partial charge in [-0.1, -0.05) is 5.16 Å². The minimum absolute atomic E-state index is 0.000272. The molecule has 4 heterocycles. The molecule has 152 valence electrons. The van der Waals surface area contributed by atoms with Crippen molar-refractivity contribution in [2.45, 2.75) is 57.7 Å². The number of hydrogen-bond donors (Lipinski definition) is 1. The fraction of sp³-hybridized carbons (Fsp3) is 0.650. The van der Waals surface area contributed by atoms with E-state index in [-0.39, 0.29) is 23.9 Å². The van der Waals surface area contributed by atoms with Crippen LogP contribution in [0.5, 0.6) is 0 Å². The molecule has 0 aliphatic carbocycles. The number of aryl methyl sites for hydroxylation is 2. The van der Waals surface area contributed by atoms with Crippen molar-refractivity contribution in [2.24, 2.45) is 0 Å². The Bertz CT molecular complexity index is 831. The summed E-state index contributed by atoms with van der Waals surface area (Å²) in [5, 5.41) is 7.43. The van der Waals surface area contributed by atoms with E-state index in [2.05, 4.69) is 32.3 Å². The van der Waals surface area contributed by atoms with E-state index in [0.717, 1.165) is 56.7 Å². The van der Waals surface area contributed by atoms with Crippen molar-refractivity contribution in [3.05, 3.63) is 35.4 Å². The molecule has 0 aromatic carbocycles. The van der Waals surface area contributed by atoms with Crippen LogP contribution in [0.3, 0.4) is 0 Å². The fourth-order valence-electron chi connectivity index (χ4n) is 4.74. The lowest BCUT2D eigenvalue weighted by Gasteiger charge is -2.47. The molecule has 1 N–H and O–H groups in total. The molecule has 2 atom stereocenters. The van der Waals surface area contributed by atoms with Gasteiger partial charge in [0.1, 0.15) is 17.7 Å². The van der Waals surface area contributed by atoms with Crippen LogP contribution in [0.2, 0.25) is 0 Å². The lowest BCUT2D eigenvalue weighted by molar-refractivity contribution is -0.122. The number of amides is 1. The quantitative estimate of drug-likeness (QED) is 0.835. The SMILES string of the molecule is Cc1ncc(CC(=O)NC2CCN(C)C23CCCN(Cc2nocc2C)C3)o1. The summed E-state index contributed by atoms with van der Waals surface area (Å²) in [6, 6.07) is 0.134. The Morgan fingerprint density at radius 1 is 1.39 bits per heavy atom. The summed E-state index contributed by atoms with van der Waals surface area (Å²) < 4.78 is 10.6. The Kier molecular flexibility index (Phi) is 5.25. The number of piperidine rings is 1. The third-order valence-corrected chi connectivity index (χ3v) is 6.30. The smallest absolute Gasteiger partial charge is 0.227 e. The standard InChI is InChI=1S/C20H29N5O3/c1-14-12-27-23-17(14)11-25-7-4-6-20(13-25)18(5-8-24(20)3)22-19(26)9-16-10-21-15(2)28-16/h10,12,18H,4-9,11,13H2,1-3H3,(H,22,26). The largest absolute Gasteiger partial charge is 0.446 e. The number of likely N-dealkylation sites (tertiary alicyclic amines) is 2. The fourth-order valence-corrected chi connectivity index (χ4v) is 4.74. The number of hydrogen-bond acceptors (Lipinski definition) is 7. The molecule has 1 amide bonds. The highest BCUT2D eigenvalue weighted by Gasteiger charge is 2.49. The molecule has 1 spiro atoms. The van der Waals surface area contributed by atoms with E-state index < -0.39 is 0 Å². The number of likely N-dealkylation sites (N-methyl/N-ethyl adjacent to an activating group) is 1. The Hall–Kier alpha value is -2.19. The van der Waals surface area contributed by atoms with Crippen LogP contribution in [0, 0.1) is 13.8 Å². The first-order valence-electron chi connectivity index (χ1n) is 10.0. The van der Waals surface area contributed by atoms with Gasteiger partial charge in [-0.25, -0.2) is 4.98 Å². The van der Waals surface area contributed by atoms with Gasteiger partial charge in [0.05, 0.1) is 18.2 Å². The van der Waals surface area contributed by atoms with Crippen molar-refractivity contribution in [1.82, 2.24) is 25.3 Å². The van der Waals surface area contributed by atoms with E-state index >= 15 is 0 Å². The molecule has 2 unspecified atom stereocenters. The molecule has 2 aliphatic rings. The Labute approximate surface area is 165 Å². The summed E-state index contributed by atoms with van der Waals surface area (Å²) in [5.41, 5.74) is 2.05. The molecule has 8 heteroatoms. The van der Waals surface area contributed by atoms with Crippen molar-refractivity contribution < 1.29 is 13.7 Å². The molecule has 2 fully saturated rings. The molecule has 2 saturated heterocycles. The first-order chi connectivity index (χ1) is 13.5. The minimum Gasteiger partial charge on any atom is -0.446 e. The zero-order chi connectivity index (χ0) is 19.7. The van der Waals surface area contributed by atoms with Crippen LogP contribution in [-0.2, 0) is 17.8 Å². The predicted octanol–water partition coefficient (Wildman–Crippen LogP) is 1.68. The van der Waals surface area contributed by atoms with E-state index in [1.807, 2.05) is 6.92 Å². The van der Waals surface area contributed by atoms with Gasteiger partial charge < -0.3 is 14.3 Å². The number of carbonyl (C=O) groups excluding carboxylic acids is 1. The highest BCUT2D eigenvalue weighted by atomic mass is 16.5. The summed E-state index contributed by atoms with van der Waals surface area (Å²) in [6.07, 6.45) is 6.73. The number of carbonyl (C=O) groups is 1. The van der Waals surface area contributed by atoms with Gasteiger partial charge in [0, 0.05) is 38.2 Å². The topological polar surface area (TPSA) is 87.6 Å². The highest BCUT2D eigenvalue weighted by molar-refractivity contribution is 5.78. The second-order valence-corrected chi connectivity index (χ2v) is 8.21. The average molecular weight is 387 g/mol. The van der Waals surface area contributed by atoms with Gasteiger partial charge in [-0.3, -0.25) is 14.6 Å². The van der Waals surface area contributed by atoms with Crippen molar-refractivity contribution in [3.8, 4) is 0 Å². The minimum atomic E-state index is -0.0388. The first kappa shape index (κ1) is 19.1. The maximum Gasteiger partial charge on any atom is 0.227 e. The van der Waals surface area contributed by atoms with Crippen LogP contribution in [0.15, 0.2) is 21.4 Å². The van der Waals surface area contributed by atoms with Crippen molar-refractivity contribution in [3.63, 3.8) is 0 Å². The molecule has 0 saturated carbocycles. The molecule has 28 heavy (non-hydrogen) atoms. The van der Waals surface area contributed by atoms with Crippen LogP contribution in [-0.4, -0.2) is 64.1 Å². The maximum absolute atomic E-state index is 12.6. The number of aromatic nitrogens is 2. The van der Waals surface area contributed by atoms with Crippen LogP contribution in [0.25, 0.3) is 0 Å². The van der Waals surface area contributed by atoms with E-state index in [1.165, 1.54) is 0 Å². The molecular formula is C20H29N5O3. The summed E-state index contributed by atoms with van der Waals surface area (Å²) in [5.74, 6) is 1.20. The number of nitrogens with zero attached hydrogens (tertiary/aromatic N) is 4. The van der Waals surface area contributed by atoms with Gasteiger partial charge in [-0.15, -0.1) is 0 Å². The Morgan fingerprint density at radius 2 is 2.25 bits per heavy atom. The highest BCUT2D eigenvalue weighted by Crippen LogP contribution is 2.37. The van der Waals surface area contributed by atoms with Crippen molar-refractivity contribution >= 4 is 5.91 Å². The molecule has 2 aliphatic heterocycles. The molecule has 2 aromatic rings. The molecule has 0 bridgehead atoms. The summed E-state index contributed by atoms with van der Waals surface area (Å²) >= 11 is 0. The summed E-state index contributed by atoms with van der Waals surface area (Å²) in [7, 11) is 2.18. The summed E-state index contributed by atoms with van der Waals surface area (Å²) in [4.78, 5) is 21.6. The van der Waals surface area contributed by atoms with Crippen molar-refractivity contribution in [2.75, 3.05) is 26.7 Å². The number of oxazole rings is 1. The lowest BCUT2D eigenvalue weighted by atomic mass is 9.82. The van der Waals surface area contributed by atoms with Gasteiger partial charge in [-0.05, 0) is 39.8 Å². The molecule has 4 rings (SSSR count). The van der Waals surface area contributed by atoms with Crippen LogP contribution < -0.4 is 5.32 Å². The third kappa shape index (κ3) is 3.71. The average Bonchev–Trinajstić information content (AvgIpc) is 3.33. The van der Waals surface area contributed by atoms with Gasteiger partial charge in [0.2, 0.25) is 5.91 Å². The zero-order valence-corrected chi connectivity index (χ0v) is 16.9. The Balaban J connectivity index is 1.44. The molecule has 2 aromatic heterocycles. The molecule has 0 radical (unpaired) electrons. The van der Waals surface area contributed by atoms with Crippen LogP contribution >= 0.6 is 0 Å². The summed E-state index contributed by atoms with van der Waals surface area (Å²) in [6.45, 7) is 7.55. The number of rotatable bonds is 5. The normalized spacial score (nSPS) is 26.2. The zero-order valence-electron chi connectivity index (χ0n) is 16.9. The van der Waals surface area contributed by atoms with E-state index in [1.54, 1.807) is 19.4 Å². The van der Waals surface area contributed by atoms with E-state index in [0.29, 0.717) is 11.7 Å². The van der Waals surface area contributed by atoms with Crippen molar-refractivity contribution in [1.29, 1.82) is 0 Å². The van der Waals surface area contributed by atoms with Crippen LogP contribution in [0.1, 0.15) is 42.2 Å². The maximum atomic E-state index is 12.6. The lowest BCUT2D eigenvalue weighted by Crippen LogP contribution is -2.63. The molecule has 8 nitrogen and oxygen atoms in total. The van der Waals surface area contributed by atoms with E-state index in [9.17, 15) is 4.79 Å². The van der Waals surface area contributed by atoms with Gasteiger partial charge >= 0.3 is 0 Å². The third-order valence-electron chi connectivity index (χ3n) is 6.30. The van der Waals surface area contributed by atoms with Gasteiger partial charge in [-0.2, -0.15) is 0 Å². The van der Waals surface area contributed by atoms with Crippen LogP contribution in [0.4, 0.5) is 0 Å². The predicted molar refractivity (Wildman–Crippen MR) is 103 cm³/mol. The number of nitrogens with one attached hydrogen (secondary N) is 1. The van der Waals surface area contributed by atoms with Gasteiger partial charge in [0.15, 0.2) is 5.89 Å². The van der Waals surface area contributed by atoms with Gasteiger partial charge in [0.25, 0.3) is 0 Å². The first-order valence-corrected chi connectivity index (χ1v) is 10.0.